The fourth-order valence-electron chi connectivity index (χ4n) is 4.05. The maximum Gasteiger partial charge on any atom is 0.248 e. The molecule has 3 amide bonds. The quantitative estimate of drug-likeness (QED) is 0.819. The van der Waals surface area contributed by atoms with Crippen molar-refractivity contribution in [2.45, 2.75) is 38.6 Å². The number of likely N-dealkylation sites (tertiary alicyclic amines) is 1. The third-order valence-corrected chi connectivity index (χ3v) is 6.32. The van der Waals surface area contributed by atoms with Crippen LogP contribution in [0.4, 0.5) is 10.8 Å². The van der Waals surface area contributed by atoms with Crippen molar-refractivity contribution in [2.24, 2.45) is 5.92 Å². The van der Waals surface area contributed by atoms with Gasteiger partial charge in [0.05, 0.1) is 5.92 Å². The Labute approximate surface area is 173 Å². The van der Waals surface area contributed by atoms with Crippen LogP contribution in [0.2, 0.25) is 0 Å². The molecule has 0 spiro atoms. The minimum absolute atomic E-state index is 0.0458. The van der Waals surface area contributed by atoms with Crippen molar-refractivity contribution >= 4 is 39.9 Å². The molecule has 2 aliphatic heterocycles. The van der Waals surface area contributed by atoms with Crippen LogP contribution < -0.4 is 10.2 Å². The number of aryl methyl sites for hydroxylation is 1. The van der Waals surface area contributed by atoms with Gasteiger partial charge in [0, 0.05) is 36.8 Å². The molecule has 0 saturated carbocycles. The molecule has 7 nitrogen and oxygen atoms in total. The van der Waals surface area contributed by atoms with E-state index in [4.69, 9.17) is 0 Å². The second-order valence-corrected chi connectivity index (χ2v) is 8.34. The smallest absolute Gasteiger partial charge is 0.248 e. The Balaban J connectivity index is 1.43. The van der Waals surface area contributed by atoms with E-state index in [1.807, 2.05) is 24.3 Å². The zero-order valence-electron chi connectivity index (χ0n) is 16.3. The van der Waals surface area contributed by atoms with E-state index in [2.05, 4.69) is 17.2 Å². The molecule has 1 aromatic carbocycles. The molecule has 0 bridgehead atoms. The van der Waals surface area contributed by atoms with E-state index in [1.54, 1.807) is 21.4 Å². The van der Waals surface area contributed by atoms with Crippen LogP contribution in [0.1, 0.15) is 31.7 Å². The number of benzene rings is 1. The highest BCUT2D eigenvalue weighted by Crippen LogP contribution is 2.29. The molecule has 8 heteroatoms. The average Bonchev–Trinajstić information content (AvgIpc) is 3.48. The van der Waals surface area contributed by atoms with Gasteiger partial charge >= 0.3 is 0 Å². The number of thiazole rings is 1. The standard InChI is InChI=1S/C21H24N4O3S/c1-2-14-5-7-16(8-6-14)25-13-15(12-18(25)26)20(28)24-10-3-4-17(24)19(27)23-21-22-9-11-29-21/h5-9,11,15,17H,2-4,10,12-13H2,1H3,(H,22,23,27)/t15-,17+/m1/s1. The molecule has 2 fully saturated rings. The molecule has 4 rings (SSSR count). The molecule has 2 saturated heterocycles. The van der Waals surface area contributed by atoms with Crippen molar-refractivity contribution < 1.29 is 14.4 Å². The van der Waals surface area contributed by atoms with Crippen molar-refractivity contribution in [3.63, 3.8) is 0 Å². The highest BCUT2D eigenvalue weighted by molar-refractivity contribution is 7.13. The first-order valence-corrected chi connectivity index (χ1v) is 10.8. The molecule has 2 aliphatic rings. The van der Waals surface area contributed by atoms with Gasteiger partial charge in [-0.1, -0.05) is 19.1 Å². The van der Waals surface area contributed by atoms with Gasteiger partial charge in [0.1, 0.15) is 6.04 Å². The number of hydrogen-bond donors (Lipinski definition) is 1. The van der Waals surface area contributed by atoms with Crippen LogP contribution in [0.25, 0.3) is 0 Å². The first-order valence-electron chi connectivity index (χ1n) is 9.97. The van der Waals surface area contributed by atoms with Crippen molar-refractivity contribution in [2.75, 3.05) is 23.3 Å². The number of amides is 3. The number of nitrogens with zero attached hydrogens (tertiary/aromatic N) is 3. The number of carbonyl (C=O) groups excluding carboxylic acids is 3. The van der Waals surface area contributed by atoms with Gasteiger partial charge in [-0.2, -0.15) is 0 Å². The summed E-state index contributed by atoms with van der Waals surface area (Å²) in [5.74, 6) is -0.776. The molecule has 1 aromatic heterocycles. The Kier molecular flexibility index (Phi) is 5.62. The van der Waals surface area contributed by atoms with E-state index in [-0.39, 0.29) is 24.1 Å². The summed E-state index contributed by atoms with van der Waals surface area (Å²) < 4.78 is 0. The topological polar surface area (TPSA) is 82.6 Å². The molecular weight excluding hydrogens is 388 g/mol. The lowest BCUT2D eigenvalue weighted by Crippen LogP contribution is -2.46. The van der Waals surface area contributed by atoms with Crippen LogP contribution in [0.3, 0.4) is 0 Å². The molecule has 0 aliphatic carbocycles. The normalized spacial score (nSPS) is 21.6. The summed E-state index contributed by atoms with van der Waals surface area (Å²) in [5.41, 5.74) is 2.03. The summed E-state index contributed by atoms with van der Waals surface area (Å²) in [6, 6.07) is 7.39. The molecule has 3 heterocycles. The van der Waals surface area contributed by atoms with Crippen molar-refractivity contribution in [3.8, 4) is 0 Å². The second kappa shape index (κ2) is 8.32. The zero-order chi connectivity index (χ0) is 20.4. The van der Waals surface area contributed by atoms with E-state index < -0.39 is 12.0 Å². The van der Waals surface area contributed by atoms with Gasteiger partial charge < -0.3 is 15.1 Å². The molecule has 29 heavy (non-hydrogen) atoms. The summed E-state index contributed by atoms with van der Waals surface area (Å²) in [4.78, 5) is 45.7. The van der Waals surface area contributed by atoms with Gasteiger partial charge in [-0.15, -0.1) is 11.3 Å². The van der Waals surface area contributed by atoms with Crippen LogP contribution in [0.15, 0.2) is 35.8 Å². The van der Waals surface area contributed by atoms with E-state index in [0.29, 0.717) is 24.6 Å². The second-order valence-electron chi connectivity index (χ2n) is 7.44. The van der Waals surface area contributed by atoms with Gasteiger partial charge in [0.2, 0.25) is 17.7 Å². The molecule has 0 unspecified atom stereocenters. The highest BCUT2D eigenvalue weighted by atomic mass is 32.1. The molecular formula is C21H24N4O3S. The van der Waals surface area contributed by atoms with Crippen molar-refractivity contribution in [3.05, 3.63) is 41.4 Å². The van der Waals surface area contributed by atoms with Crippen LogP contribution in [-0.4, -0.2) is 46.7 Å². The Bertz CT molecular complexity index is 897. The Hall–Kier alpha value is -2.74. The number of carbonyl (C=O) groups is 3. The van der Waals surface area contributed by atoms with Crippen molar-refractivity contribution in [1.82, 2.24) is 9.88 Å². The summed E-state index contributed by atoms with van der Waals surface area (Å²) in [7, 11) is 0. The minimum atomic E-state index is -0.501. The van der Waals surface area contributed by atoms with E-state index in [1.165, 1.54) is 16.9 Å². The van der Waals surface area contributed by atoms with Crippen LogP contribution in [0.5, 0.6) is 0 Å². The average molecular weight is 413 g/mol. The van der Waals surface area contributed by atoms with Gasteiger partial charge in [-0.3, -0.25) is 14.4 Å². The van der Waals surface area contributed by atoms with Crippen LogP contribution in [-0.2, 0) is 20.8 Å². The lowest BCUT2D eigenvalue weighted by molar-refractivity contribution is -0.140. The molecule has 2 atom stereocenters. The van der Waals surface area contributed by atoms with Crippen LogP contribution in [0, 0.1) is 5.92 Å². The molecule has 2 aromatic rings. The van der Waals surface area contributed by atoms with Gasteiger partial charge in [-0.25, -0.2) is 4.98 Å². The van der Waals surface area contributed by atoms with E-state index in [0.717, 1.165) is 18.5 Å². The lowest BCUT2D eigenvalue weighted by Gasteiger charge is -2.26. The van der Waals surface area contributed by atoms with Gasteiger partial charge in [-0.05, 0) is 37.0 Å². The molecule has 0 radical (unpaired) electrons. The Morgan fingerprint density at radius 3 is 2.76 bits per heavy atom. The monoisotopic (exact) mass is 412 g/mol. The predicted octanol–water partition coefficient (Wildman–Crippen LogP) is 2.69. The number of nitrogens with one attached hydrogen (secondary N) is 1. The highest BCUT2D eigenvalue weighted by Gasteiger charge is 2.42. The minimum Gasteiger partial charge on any atom is -0.330 e. The van der Waals surface area contributed by atoms with Gasteiger partial charge in [0.25, 0.3) is 0 Å². The van der Waals surface area contributed by atoms with Crippen LogP contribution >= 0.6 is 11.3 Å². The van der Waals surface area contributed by atoms with E-state index in [9.17, 15) is 14.4 Å². The predicted molar refractivity (Wildman–Crippen MR) is 112 cm³/mol. The first-order chi connectivity index (χ1) is 14.1. The SMILES string of the molecule is CCc1ccc(N2C[C@H](C(=O)N3CCC[C@H]3C(=O)Nc3nccs3)CC2=O)cc1. The first kappa shape index (κ1) is 19.6. The zero-order valence-corrected chi connectivity index (χ0v) is 17.2. The summed E-state index contributed by atoms with van der Waals surface area (Å²) in [5, 5.41) is 5.12. The fourth-order valence-corrected chi connectivity index (χ4v) is 4.58. The van der Waals surface area contributed by atoms with Crippen molar-refractivity contribution in [1.29, 1.82) is 0 Å². The van der Waals surface area contributed by atoms with Gasteiger partial charge in [0.15, 0.2) is 5.13 Å². The largest absolute Gasteiger partial charge is 0.330 e. The third kappa shape index (κ3) is 4.03. The lowest BCUT2D eigenvalue weighted by atomic mass is 10.1. The summed E-state index contributed by atoms with van der Waals surface area (Å²) in [6.07, 6.45) is 4.17. The van der Waals surface area contributed by atoms with E-state index >= 15 is 0 Å². The number of rotatable bonds is 5. The summed E-state index contributed by atoms with van der Waals surface area (Å²) >= 11 is 1.35. The number of anilines is 2. The maximum atomic E-state index is 13.1. The fraction of sp³-hybridized carbons (Fsp3) is 0.429. The molecule has 1 N–H and O–H groups in total. The third-order valence-electron chi connectivity index (χ3n) is 5.63. The maximum absolute atomic E-state index is 13.1. The molecule has 152 valence electrons. The Morgan fingerprint density at radius 2 is 2.07 bits per heavy atom. The summed E-state index contributed by atoms with van der Waals surface area (Å²) in [6.45, 7) is 2.99. The Morgan fingerprint density at radius 1 is 1.28 bits per heavy atom. The number of aromatic nitrogens is 1. The number of hydrogen-bond acceptors (Lipinski definition) is 5.